The molecule has 4 aromatic rings. The number of hydrogen-bond donors (Lipinski definition) is 1. The molecule has 4 rings (SSSR count). The van der Waals surface area contributed by atoms with E-state index >= 15 is 0 Å². The number of aromatic amines is 1. The van der Waals surface area contributed by atoms with Crippen molar-refractivity contribution >= 4 is 11.3 Å². The van der Waals surface area contributed by atoms with Gasteiger partial charge in [-0.15, -0.1) is 0 Å². The molecule has 0 radical (unpaired) electrons. The summed E-state index contributed by atoms with van der Waals surface area (Å²) in [7, 11) is 0. The van der Waals surface area contributed by atoms with Crippen LogP contribution in [0.4, 0.5) is 0 Å². The predicted molar refractivity (Wildman–Crippen MR) is 98.0 cm³/mol. The smallest absolute Gasteiger partial charge is 0.000496 e. The Kier molecular flexibility index (Phi) is 11.8. The van der Waals surface area contributed by atoms with Gasteiger partial charge in [0.05, 0.1) is 0 Å². The highest BCUT2D eigenvalue weighted by molar-refractivity contribution is 7.07. The summed E-state index contributed by atoms with van der Waals surface area (Å²) in [5.41, 5.74) is 0. The lowest BCUT2D eigenvalue weighted by atomic mass is 10.4. The zero-order valence-electron chi connectivity index (χ0n) is 12.5. The molecule has 1 nitrogen and oxygen atoms in total. The van der Waals surface area contributed by atoms with Crippen LogP contribution in [0.3, 0.4) is 0 Å². The Hall–Kier alpha value is -2.58. The molecule has 0 aliphatic heterocycles. The third-order valence-electron chi connectivity index (χ3n) is 2.25. The Morgan fingerprint density at radius 2 is 0.682 bits per heavy atom. The minimum Gasteiger partial charge on any atom is -0.368 e. The van der Waals surface area contributed by atoms with Gasteiger partial charge >= 0.3 is 0 Å². The van der Waals surface area contributed by atoms with Gasteiger partial charge < -0.3 is 4.98 Å². The fourth-order valence-electron chi connectivity index (χ4n) is 1.27. The molecule has 0 spiro atoms. The number of rotatable bonds is 0. The lowest BCUT2D eigenvalue weighted by Crippen LogP contribution is -1.47. The maximum absolute atomic E-state index is 2.86. The van der Waals surface area contributed by atoms with E-state index in [4.69, 9.17) is 0 Å². The second-order valence-corrected chi connectivity index (χ2v) is 4.80. The molecule has 0 aliphatic carbocycles. The largest absolute Gasteiger partial charge is 0.368 e. The second kappa shape index (κ2) is 14.8. The molecule has 0 fully saturated rings. The van der Waals surface area contributed by atoms with Gasteiger partial charge in [-0.3, -0.25) is 0 Å². The highest BCUT2D eigenvalue weighted by Crippen LogP contribution is 1.91. The third-order valence-corrected chi connectivity index (χ3v) is 2.88. The quantitative estimate of drug-likeness (QED) is 0.402. The fraction of sp³-hybridized carbons (Fsp3) is 0. The van der Waals surface area contributed by atoms with Crippen LogP contribution in [-0.4, -0.2) is 4.98 Å². The van der Waals surface area contributed by atoms with Gasteiger partial charge in [0.15, 0.2) is 0 Å². The molecule has 2 aromatic heterocycles. The summed E-state index contributed by atoms with van der Waals surface area (Å²) >= 11 is 1.71. The predicted octanol–water partition coefficient (Wildman–Crippen LogP) is 6.14. The summed E-state index contributed by atoms with van der Waals surface area (Å²) in [4.78, 5) is 2.86. The van der Waals surface area contributed by atoms with E-state index in [9.17, 15) is 0 Å². The van der Waals surface area contributed by atoms with Crippen molar-refractivity contribution in [3.8, 4) is 0 Å². The van der Waals surface area contributed by atoms with E-state index in [0.29, 0.717) is 0 Å². The van der Waals surface area contributed by atoms with Crippen molar-refractivity contribution < 1.29 is 0 Å². The van der Waals surface area contributed by atoms with Crippen LogP contribution >= 0.6 is 11.3 Å². The van der Waals surface area contributed by atoms with Gasteiger partial charge in [0.1, 0.15) is 0 Å². The summed E-state index contributed by atoms with van der Waals surface area (Å²) in [6, 6.07) is 31.9. The van der Waals surface area contributed by atoms with Crippen LogP contribution in [0, 0.1) is 0 Å². The van der Waals surface area contributed by atoms with E-state index < -0.39 is 0 Å². The van der Waals surface area contributed by atoms with Crippen molar-refractivity contribution in [1.82, 2.24) is 4.98 Å². The minimum absolute atomic E-state index is 1.71. The number of H-pyrrole nitrogens is 1. The van der Waals surface area contributed by atoms with E-state index in [1.807, 2.05) is 120 Å². The Morgan fingerprint density at radius 3 is 0.818 bits per heavy atom. The van der Waals surface area contributed by atoms with Gasteiger partial charge in [-0.2, -0.15) is 11.3 Å². The maximum Gasteiger partial charge on any atom is 0.000496 e. The number of hydrogen-bond acceptors (Lipinski definition) is 1. The molecule has 2 aromatic carbocycles. The highest BCUT2D eigenvalue weighted by Gasteiger charge is 1.59. The Bertz CT molecular complexity index is 441. The fourth-order valence-corrected chi connectivity index (χ4v) is 1.73. The minimum atomic E-state index is 1.71. The molecule has 0 amide bonds. The molecule has 0 atom stereocenters. The molecular formula is C20H21NS. The van der Waals surface area contributed by atoms with E-state index in [-0.39, 0.29) is 0 Å². The molecular weight excluding hydrogens is 286 g/mol. The second-order valence-electron chi connectivity index (χ2n) is 3.99. The summed E-state index contributed by atoms with van der Waals surface area (Å²) in [6.07, 6.45) is 3.75. The number of thiophene rings is 1. The zero-order valence-corrected chi connectivity index (χ0v) is 13.3. The molecule has 22 heavy (non-hydrogen) atoms. The third kappa shape index (κ3) is 12.5. The molecule has 2 heteroatoms. The van der Waals surface area contributed by atoms with E-state index in [1.54, 1.807) is 11.3 Å². The summed E-state index contributed by atoms with van der Waals surface area (Å²) in [5, 5.41) is 4.08. The monoisotopic (exact) mass is 307 g/mol. The summed E-state index contributed by atoms with van der Waals surface area (Å²) in [6.45, 7) is 0. The molecule has 0 saturated carbocycles. The molecule has 0 unspecified atom stereocenters. The Balaban J connectivity index is 0.000000147. The van der Waals surface area contributed by atoms with E-state index in [1.165, 1.54) is 0 Å². The average molecular weight is 307 g/mol. The first-order chi connectivity index (χ1) is 11.0. The Morgan fingerprint density at radius 1 is 0.364 bits per heavy atom. The SMILES string of the molecule is c1cc[nH]c1.c1ccccc1.c1ccccc1.c1ccsc1. The van der Waals surface area contributed by atoms with E-state index in [2.05, 4.69) is 4.98 Å². The van der Waals surface area contributed by atoms with Crippen LogP contribution in [0.2, 0.25) is 0 Å². The first-order valence-corrected chi connectivity index (χ1v) is 7.99. The number of benzene rings is 2. The van der Waals surface area contributed by atoms with E-state index in [0.717, 1.165) is 0 Å². The van der Waals surface area contributed by atoms with Crippen molar-refractivity contribution in [3.63, 3.8) is 0 Å². The van der Waals surface area contributed by atoms with Gasteiger partial charge in [0, 0.05) is 12.4 Å². The van der Waals surface area contributed by atoms with Gasteiger partial charge in [-0.1, -0.05) is 84.9 Å². The highest BCUT2D eigenvalue weighted by atomic mass is 32.1. The van der Waals surface area contributed by atoms with Crippen LogP contribution < -0.4 is 0 Å². The van der Waals surface area contributed by atoms with Crippen LogP contribution in [0.5, 0.6) is 0 Å². The Labute approximate surface area is 136 Å². The van der Waals surface area contributed by atoms with Crippen LogP contribution in [0.1, 0.15) is 0 Å². The molecule has 112 valence electrons. The lowest BCUT2D eigenvalue weighted by Gasteiger charge is -1.69. The van der Waals surface area contributed by atoms with Gasteiger partial charge in [0.25, 0.3) is 0 Å². The van der Waals surface area contributed by atoms with Crippen molar-refractivity contribution in [2.75, 3.05) is 0 Å². The van der Waals surface area contributed by atoms with Crippen LogP contribution in [-0.2, 0) is 0 Å². The maximum atomic E-state index is 2.86. The van der Waals surface area contributed by atoms with Crippen molar-refractivity contribution in [2.45, 2.75) is 0 Å². The molecule has 1 N–H and O–H groups in total. The number of nitrogens with one attached hydrogen (secondary N) is 1. The molecule has 0 aliphatic rings. The molecule has 0 bridgehead atoms. The summed E-state index contributed by atoms with van der Waals surface area (Å²) < 4.78 is 0. The number of aromatic nitrogens is 1. The molecule has 0 saturated heterocycles. The van der Waals surface area contributed by atoms with Crippen molar-refractivity contribution in [2.24, 2.45) is 0 Å². The van der Waals surface area contributed by atoms with Crippen LogP contribution in [0.25, 0.3) is 0 Å². The summed E-state index contributed by atoms with van der Waals surface area (Å²) in [5.74, 6) is 0. The van der Waals surface area contributed by atoms with Crippen molar-refractivity contribution in [1.29, 1.82) is 0 Å². The molecule has 2 heterocycles. The van der Waals surface area contributed by atoms with Gasteiger partial charge in [-0.25, -0.2) is 0 Å². The first-order valence-electron chi connectivity index (χ1n) is 7.05. The lowest BCUT2D eigenvalue weighted by molar-refractivity contribution is 1.42. The van der Waals surface area contributed by atoms with Gasteiger partial charge in [0.2, 0.25) is 0 Å². The zero-order chi connectivity index (χ0) is 15.6. The topological polar surface area (TPSA) is 15.8 Å². The first kappa shape index (κ1) is 17.5. The standard InChI is InChI=1S/2C6H6.C4H5N.C4H4S/c2*1-2-4-6-5-3-1;2*1-2-4-5-3-1/h2*1-6H;1-5H;1-4H. The average Bonchev–Trinajstić information content (AvgIpc) is 3.37. The van der Waals surface area contributed by atoms with Crippen LogP contribution in [0.15, 0.2) is 120 Å². The van der Waals surface area contributed by atoms with Gasteiger partial charge in [-0.05, 0) is 22.9 Å². The normalized spacial score (nSPS) is 8.00. The van der Waals surface area contributed by atoms with Crippen molar-refractivity contribution in [3.05, 3.63) is 120 Å².